The van der Waals surface area contributed by atoms with Gasteiger partial charge < -0.3 is 9.42 Å². The maximum atomic E-state index is 12.6. The molecule has 0 bridgehead atoms. The first-order valence-corrected chi connectivity index (χ1v) is 9.98. The van der Waals surface area contributed by atoms with Crippen molar-refractivity contribution in [1.82, 2.24) is 10.1 Å². The Hall–Kier alpha value is -2.47. The zero-order valence-electron chi connectivity index (χ0n) is 14.7. The van der Waals surface area contributed by atoms with Gasteiger partial charge in [0.05, 0.1) is 5.92 Å². The smallest absolute Gasteiger partial charge is 0.232 e. The van der Waals surface area contributed by atoms with E-state index in [-0.39, 0.29) is 11.8 Å². The van der Waals surface area contributed by atoms with E-state index in [0.717, 1.165) is 28.6 Å². The molecule has 1 saturated heterocycles. The van der Waals surface area contributed by atoms with Gasteiger partial charge in [-0.25, -0.2) is 0 Å². The van der Waals surface area contributed by atoms with Gasteiger partial charge in [0, 0.05) is 28.7 Å². The van der Waals surface area contributed by atoms with Crippen molar-refractivity contribution in [3.8, 4) is 11.4 Å². The molecule has 2 aromatic carbocycles. The predicted octanol–water partition coefficient (Wildman–Crippen LogP) is 4.51. The maximum Gasteiger partial charge on any atom is 0.232 e. The van der Waals surface area contributed by atoms with E-state index in [1.807, 2.05) is 29.2 Å². The number of anilines is 1. The van der Waals surface area contributed by atoms with Crippen molar-refractivity contribution in [2.75, 3.05) is 11.4 Å². The summed E-state index contributed by atoms with van der Waals surface area (Å²) in [4.78, 5) is 19.0. The normalized spacial score (nSPS) is 18.9. The lowest BCUT2D eigenvalue weighted by Gasteiger charge is -2.17. The van der Waals surface area contributed by atoms with Gasteiger partial charge in [0.1, 0.15) is 0 Å². The molecule has 0 radical (unpaired) electrons. The Morgan fingerprint density at radius 2 is 1.89 bits per heavy atom. The minimum atomic E-state index is -0.0672. The molecule has 136 valence electrons. The van der Waals surface area contributed by atoms with Crippen LogP contribution in [-0.4, -0.2) is 22.6 Å². The highest BCUT2D eigenvalue weighted by atomic mass is 79.9. The number of nitrogens with zero attached hydrogens (tertiary/aromatic N) is 3. The van der Waals surface area contributed by atoms with E-state index in [2.05, 4.69) is 44.3 Å². The fraction of sp³-hybridized carbons (Fsp3) is 0.286. The molecule has 1 aliphatic heterocycles. The molecule has 6 heteroatoms. The first-order chi connectivity index (χ1) is 13.2. The third-order valence-corrected chi connectivity index (χ3v) is 5.94. The van der Waals surface area contributed by atoms with E-state index < -0.39 is 0 Å². The van der Waals surface area contributed by atoms with Crippen LogP contribution in [0.25, 0.3) is 11.4 Å². The average molecular weight is 424 g/mol. The monoisotopic (exact) mass is 423 g/mol. The Kier molecular flexibility index (Phi) is 4.08. The Labute approximate surface area is 165 Å². The SMILES string of the molecule is O=C1CC(c2nc(-c3ccc(Br)cc3)no2)CN1c1ccc2c(c1)CCC2. The average Bonchev–Trinajstić information content (AvgIpc) is 3.40. The highest BCUT2D eigenvalue weighted by Crippen LogP contribution is 2.34. The highest BCUT2D eigenvalue weighted by Gasteiger charge is 2.35. The lowest BCUT2D eigenvalue weighted by atomic mass is 10.1. The lowest BCUT2D eigenvalue weighted by Crippen LogP contribution is -2.24. The van der Waals surface area contributed by atoms with E-state index in [1.54, 1.807) is 0 Å². The van der Waals surface area contributed by atoms with Gasteiger partial charge in [-0.2, -0.15) is 4.98 Å². The molecule has 1 amide bonds. The molecule has 5 rings (SSSR count). The van der Waals surface area contributed by atoms with Crippen molar-refractivity contribution in [3.05, 3.63) is 64.0 Å². The van der Waals surface area contributed by atoms with Crippen LogP contribution in [-0.2, 0) is 17.6 Å². The van der Waals surface area contributed by atoms with E-state index in [9.17, 15) is 4.79 Å². The molecule has 5 nitrogen and oxygen atoms in total. The predicted molar refractivity (Wildman–Crippen MR) is 106 cm³/mol. The minimum absolute atomic E-state index is 0.0672. The molecular formula is C21H18BrN3O2. The number of hydrogen-bond acceptors (Lipinski definition) is 4. The Morgan fingerprint density at radius 1 is 1.07 bits per heavy atom. The molecule has 0 saturated carbocycles. The number of amides is 1. The molecule has 1 atom stereocenters. The third kappa shape index (κ3) is 3.08. The number of carbonyl (C=O) groups is 1. The van der Waals surface area contributed by atoms with Crippen molar-refractivity contribution in [2.45, 2.75) is 31.6 Å². The molecule has 0 N–H and O–H groups in total. The van der Waals surface area contributed by atoms with Gasteiger partial charge in [-0.15, -0.1) is 0 Å². The molecule has 1 aromatic heterocycles. The number of benzene rings is 2. The summed E-state index contributed by atoms with van der Waals surface area (Å²) in [5.41, 5.74) is 4.67. The van der Waals surface area contributed by atoms with Gasteiger partial charge in [0.2, 0.25) is 17.6 Å². The van der Waals surface area contributed by atoms with Crippen LogP contribution in [0.2, 0.25) is 0 Å². The zero-order valence-corrected chi connectivity index (χ0v) is 16.3. The number of carbonyl (C=O) groups excluding carboxylic acids is 1. The van der Waals surface area contributed by atoms with Gasteiger partial charge in [0.15, 0.2) is 0 Å². The van der Waals surface area contributed by atoms with E-state index in [1.165, 1.54) is 17.5 Å². The Balaban J connectivity index is 1.37. The Morgan fingerprint density at radius 3 is 2.74 bits per heavy atom. The second-order valence-corrected chi connectivity index (χ2v) is 8.09. The number of hydrogen-bond donors (Lipinski definition) is 0. The second-order valence-electron chi connectivity index (χ2n) is 7.18. The van der Waals surface area contributed by atoms with Gasteiger partial charge in [-0.1, -0.05) is 27.2 Å². The van der Waals surface area contributed by atoms with Crippen molar-refractivity contribution in [2.24, 2.45) is 0 Å². The van der Waals surface area contributed by atoms with Crippen molar-refractivity contribution in [1.29, 1.82) is 0 Å². The van der Waals surface area contributed by atoms with Crippen molar-refractivity contribution in [3.63, 3.8) is 0 Å². The van der Waals surface area contributed by atoms with Crippen LogP contribution in [0.1, 0.15) is 35.8 Å². The number of halogens is 1. The second kappa shape index (κ2) is 6.60. The van der Waals surface area contributed by atoms with Crippen LogP contribution in [0.15, 0.2) is 51.5 Å². The van der Waals surface area contributed by atoms with Gasteiger partial charge in [-0.05, 0) is 66.8 Å². The van der Waals surface area contributed by atoms with Crippen LogP contribution < -0.4 is 4.90 Å². The summed E-state index contributed by atoms with van der Waals surface area (Å²) < 4.78 is 6.49. The van der Waals surface area contributed by atoms with Crippen LogP contribution in [0.3, 0.4) is 0 Å². The molecule has 27 heavy (non-hydrogen) atoms. The van der Waals surface area contributed by atoms with Crippen LogP contribution in [0.4, 0.5) is 5.69 Å². The lowest BCUT2D eigenvalue weighted by molar-refractivity contribution is -0.117. The summed E-state index contributed by atoms with van der Waals surface area (Å²) in [7, 11) is 0. The molecule has 2 heterocycles. The summed E-state index contributed by atoms with van der Waals surface area (Å²) in [5.74, 6) is 1.13. The van der Waals surface area contributed by atoms with E-state index in [4.69, 9.17) is 4.52 Å². The molecule has 3 aromatic rings. The molecular weight excluding hydrogens is 406 g/mol. The van der Waals surface area contributed by atoms with Crippen molar-refractivity contribution >= 4 is 27.5 Å². The molecule has 2 aliphatic rings. The molecule has 1 aliphatic carbocycles. The topological polar surface area (TPSA) is 59.2 Å². The maximum absolute atomic E-state index is 12.6. The number of fused-ring (bicyclic) bond motifs is 1. The Bertz CT molecular complexity index is 1010. The summed E-state index contributed by atoms with van der Waals surface area (Å²) in [5, 5.41) is 4.10. The minimum Gasteiger partial charge on any atom is -0.339 e. The van der Waals surface area contributed by atoms with E-state index in [0.29, 0.717) is 24.7 Å². The summed E-state index contributed by atoms with van der Waals surface area (Å²) in [6.45, 7) is 0.583. The van der Waals surface area contributed by atoms with Crippen LogP contribution in [0, 0.1) is 0 Å². The number of aryl methyl sites for hydroxylation is 2. The highest BCUT2D eigenvalue weighted by molar-refractivity contribution is 9.10. The first kappa shape index (κ1) is 16.7. The quantitative estimate of drug-likeness (QED) is 0.621. The van der Waals surface area contributed by atoms with Crippen LogP contribution >= 0.6 is 15.9 Å². The fourth-order valence-electron chi connectivity index (χ4n) is 3.97. The van der Waals surface area contributed by atoms with Crippen LogP contribution in [0.5, 0.6) is 0 Å². The summed E-state index contributed by atoms with van der Waals surface area (Å²) >= 11 is 3.42. The zero-order chi connectivity index (χ0) is 18.4. The first-order valence-electron chi connectivity index (χ1n) is 9.19. The largest absolute Gasteiger partial charge is 0.339 e. The number of rotatable bonds is 3. The summed E-state index contributed by atoms with van der Waals surface area (Å²) in [6.07, 6.45) is 3.86. The van der Waals surface area contributed by atoms with Gasteiger partial charge in [0.25, 0.3) is 0 Å². The van der Waals surface area contributed by atoms with Gasteiger partial charge >= 0.3 is 0 Å². The third-order valence-electron chi connectivity index (χ3n) is 5.41. The van der Waals surface area contributed by atoms with Gasteiger partial charge in [-0.3, -0.25) is 4.79 Å². The molecule has 1 fully saturated rings. The van der Waals surface area contributed by atoms with Crippen molar-refractivity contribution < 1.29 is 9.32 Å². The summed E-state index contributed by atoms with van der Waals surface area (Å²) in [6, 6.07) is 14.2. The molecule has 0 spiro atoms. The fourth-order valence-corrected chi connectivity index (χ4v) is 4.23. The van der Waals surface area contributed by atoms with E-state index >= 15 is 0 Å². The standard InChI is InChI=1S/C21H18BrN3O2/c22-17-7-4-14(5-8-17)20-23-21(27-24-20)16-11-19(26)25(12-16)18-9-6-13-2-1-3-15(13)10-18/h4-10,16H,1-3,11-12H2. The molecule has 1 unspecified atom stereocenters. The number of aromatic nitrogens is 2.